The Balaban J connectivity index is 1.51. The lowest BCUT2D eigenvalue weighted by Crippen LogP contribution is -2.40. The summed E-state index contributed by atoms with van der Waals surface area (Å²) in [7, 11) is 0. The molecule has 1 N–H and O–H groups in total. The maximum atomic E-state index is 13.3. The first-order valence-electron chi connectivity index (χ1n) is 9.84. The molecule has 2 heterocycles. The molecule has 0 bridgehead atoms. The number of benzene rings is 2. The summed E-state index contributed by atoms with van der Waals surface area (Å²) in [5.74, 6) is -0.0758. The average Bonchev–Trinajstić information content (AvgIpc) is 3.25. The molecule has 1 aliphatic rings. The van der Waals surface area contributed by atoms with Crippen molar-refractivity contribution in [3.63, 3.8) is 0 Å². The summed E-state index contributed by atoms with van der Waals surface area (Å²) in [4.78, 5) is 34.0. The minimum absolute atomic E-state index is 0.0738. The number of nitrogens with one attached hydrogen (secondary N) is 1. The van der Waals surface area contributed by atoms with Gasteiger partial charge in [-0.05, 0) is 37.1 Å². The van der Waals surface area contributed by atoms with Crippen LogP contribution in [-0.2, 0) is 16.1 Å². The molecule has 8 heteroatoms. The highest BCUT2D eigenvalue weighted by Crippen LogP contribution is 2.16. The second-order valence-corrected chi connectivity index (χ2v) is 7.19. The first kappa shape index (κ1) is 20.0. The van der Waals surface area contributed by atoms with E-state index >= 15 is 0 Å². The molecule has 1 saturated heterocycles. The van der Waals surface area contributed by atoms with E-state index in [9.17, 15) is 14.0 Å². The van der Waals surface area contributed by atoms with Crippen LogP contribution in [0.5, 0.6) is 5.75 Å². The van der Waals surface area contributed by atoms with Gasteiger partial charge < -0.3 is 19.4 Å². The molecule has 0 saturated carbocycles. The maximum Gasteiger partial charge on any atom is 0.261 e. The van der Waals surface area contributed by atoms with Crippen molar-refractivity contribution in [1.29, 1.82) is 0 Å². The number of ether oxygens (including phenoxy) is 2. The molecule has 156 valence electrons. The Morgan fingerprint density at radius 2 is 2.13 bits per heavy atom. The van der Waals surface area contributed by atoms with Crippen molar-refractivity contribution in [3.05, 3.63) is 70.5 Å². The molecule has 0 radical (unpaired) electrons. The van der Waals surface area contributed by atoms with Crippen LogP contribution < -0.4 is 10.3 Å². The van der Waals surface area contributed by atoms with Gasteiger partial charge >= 0.3 is 0 Å². The molecule has 0 aliphatic carbocycles. The molecular formula is C22H22FN3O4. The van der Waals surface area contributed by atoms with Crippen molar-refractivity contribution in [2.75, 3.05) is 19.8 Å². The summed E-state index contributed by atoms with van der Waals surface area (Å²) in [6, 6.07) is 12.7. The van der Waals surface area contributed by atoms with Crippen LogP contribution in [0.2, 0.25) is 0 Å². The first-order chi connectivity index (χ1) is 14.6. The smallest absolute Gasteiger partial charge is 0.261 e. The van der Waals surface area contributed by atoms with Gasteiger partial charge in [-0.3, -0.25) is 9.59 Å². The SMILES string of the molecule is O=C(COc1cccc(F)c1)N(Cc1nc2ccccc2c(=O)[nH]1)C[C@@H]1CCCO1. The summed E-state index contributed by atoms with van der Waals surface area (Å²) in [5.41, 5.74) is 0.313. The standard InChI is InChI=1S/C22H22FN3O4/c23-15-5-3-6-16(11-15)30-14-21(27)26(12-17-7-4-10-29-17)13-20-24-19-9-2-1-8-18(19)22(28)25-20/h1-3,5-6,8-9,11,17H,4,7,10,12-14H2,(H,24,25,28)/t17-/m0/s1. The largest absolute Gasteiger partial charge is 0.484 e. The van der Waals surface area contributed by atoms with Gasteiger partial charge in [0.2, 0.25) is 0 Å². The molecule has 30 heavy (non-hydrogen) atoms. The Kier molecular flexibility index (Phi) is 6.04. The molecule has 4 rings (SSSR count). The summed E-state index contributed by atoms with van der Waals surface area (Å²) in [6.45, 7) is 0.888. The number of fused-ring (bicyclic) bond motifs is 1. The van der Waals surface area contributed by atoms with Crippen LogP contribution in [0.15, 0.2) is 53.3 Å². The first-order valence-corrected chi connectivity index (χ1v) is 9.84. The number of hydrogen-bond acceptors (Lipinski definition) is 5. The van der Waals surface area contributed by atoms with Crippen LogP contribution in [0.25, 0.3) is 10.9 Å². The molecule has 0 unspecified atom stereocenters. The van der Waals surface area contributed by atoms with E-state index in [-0.39, 0.29) is 36.5 Å². The van der Waals surface area contributed by atoms with Crippen LogP contribution >= 0.6 is 0 Å². The molecule has 2 aromatic carbocycles. The fourth-order valence-electron chi connectivity index (χ4n) is 3.47. The van der Waals surface area contributed by atoms with E-state index in [0.717, 1.165) is 12.8 Å². The van der Waals surface area contributed by atoms with Crippen molar-refractivity contribution in [2.45, 2.75) is 25.5 Å². The Morgan fingerprint density at radius 3 is 2.93 bits per heavy atom. The maximum absolute atomic E-state index is 13.3. The van der Waals surface area contributed by atoms with E-state index in [1.54, 1.807) is 35.2 Å². The van der Waals surface area contributed by atoms with Gasteiger partial charge in [-0.15, -0.1) is 0 Å². The molecule has 7 nitrogen and oxygen atoms in total. The van der Waals surface area contributed by atoms with Crippen molar-refractivity contribution >= 4 is 16.8 Å². The highest BCUT2D eigenvalue weighted by Gasteiger charge is 2.24. The summed E-state index contributed by atoms with van der Waals surface area (Å²) < 4.78 is 24.5. The fraction of sp³-hybridized carbons (Fsp3) is 0.318. The van der Waals surface area contributed by atoms with Gasteiger partial charge in [0.05, 0.1) is 23.6 Å². The zero-order valence-corrected chi connectivity index (χ0v) is 16.3. The third-order valence-electron chi connectivity index (χ3n) is 4.96. The van der Waals surface area contributed by atoms with Gasteiger partial charge in [-0.1, -0.05) is 18.2 Å². The third kappa shape index (κ3) is 4.83. The Hall–Kier alpha value is -3.26. The van der Waals surface area contributed by atoms with Gasteiger partial charge in [0.1, 0.15) is 17.4 Å². The van der Waals surface area contributed by atoms with Crippen molar-refractivity contribution in [1.82, 2.24) is 14.9 Å². The number of halogens is 1. The van der Waals surface area contributed by atoms with E-state index in [1.165, 1.54) is 18.2 Å². The van der Waals surface area contributed by atoms with Crippen LogP contribution in [-0.4, -0.2) is 46.6 Å². The van der Waals surface area contributed by atoms with E-state index in [4.69, 9.17) is 9.47 Å². The summed E-state index contributed by atoms with van der Waals surface area (Å²) in [5, 5.41) is 0.493. The number of aromatic amines is 1. The monoisotopic (exact) mass is 411 g/mol. The predicted octanol–water partition coefficient (Wildman–Crippen LogP) is 2.65. The van der Waals surface area contributed by atoms with Gasteiger partial charge in [-0.2, -0.15) is 0 Å². The number of aromatic nitrogens is 2. The van der Waals surface area contributed by atoms with E-state index in [2.05, 4.69) is 9.97 Å². The predicted molar refractivity (Wildman–Crippen MR) is 109 cm³/mol. The molecule has 1 aliphatic heterocycles. The van der Waals surface area contributed by atoms with Gasteiger partial charge in [0.25, 0.3) is 11.5 Å². The number of para-hydroxylation sites is 1. The quantitative estimate of drug-likeness (QED) is 0.646. The third-order valence-corrected chi connectivity index (χ3v) is 4.96. The van der Waals surface area contributed by atoms with Crippen molar-refractivity contribution in [2.24, 2.45) is 0 Å². The number of amides is 1. The number of nitrogens with zero attached hydrogens (tertiary/aromatic N) is 2. The number of rotatable bonds is 7. The number of carbonyl (C=O) groups is 1. The molecule has 1 fully saturated rings. The minimum atomic E-state index is -0.436. The zero-order chi connectivity index (χ0) is 20.9. The van der Waals surface area contributed by atoms with Crippen molar-refractivity contribution in [3.8, 4) is 5.75 Å². The van der Waals surface area contributed by atoms with Crippen molar-refractivity contribution < 1.29 is 18.7 Å². The minimum Gasteiger partial charge on any atom is -0.484 e. The number of hydrogen-bond donors (Lipinski definition) is 1. The van der Waals surface area contributed by atoms with Gasteiger partial charge in [-0.25, -0.2) is 9.37 Å². The van der Waals surface area contributed by atoms with Crippen LogP contribution in [0.1, 0.15) is 18.7 Å². The molecule has 1 amide bonds. The van der Waals surface area contributed by atoms with E-state index < -0.39 is 5.82 Å². The van der Waals surface area contributed by atoms with Crippen LogP contribution in [0.4, 0.5) is 4.39 Å². The fourth-order valence-corrected chi connectivity index (χ4v) is 3.47. The topological polar surface area (TPSA) is 84.5 Å². The lowest BCUT2D eigenvalue weighted by molar-refractivity contribution is -0.135. The normalized spacial score (nSPS) is 16.0. The molecule has 3 aromatic rings. The second-order valence-electron chi connectivity index (χ2n) is 7.19. The van der Waals surface area contributed by atoms with Crippen LogP contribution in [0, 0.1) is 5.82 Å². The molecule has 1 atom stereocenters. The summed E-state index contributed by atoms with van der Waals surface area (Å²) >= 11 is 0. The van der Waals surface area contributed by atoms with Gasteiger partial charge in [0.15, 0.2) is 6.61 Å². The Morgan fingerprint density at radius 1 is 1.27 bits per heavy atom. The molecule has 0 spiro atoms. The van der Waals surface area contributed by atoms with Crippen LogP contribution in [0.3, 0.4) is 0 Å². The van der Waals surface area contributed by atoms with E-state index in [1.807, 2.05) is 0 Å². The Labute approximate surface area is 172 Å². The van der Waals surface area contributed by atoms with Gasteiger partial charge in [0, 0.05) is 19.2 Å². The van der Waals surface area contributed by atoms with E-state index in [0.29, 0.717) is 29.9 Å². The molecule has 1 aromatic heterocycles. The lowest BCUT2D eigenvalue weighted by atomic mass is 10.2. The summed E-state index contributed by atoms with van der Waals surface area (Å²) in [6.07, 6.45) is 1.73. The zero-order valence-electron chi connectivity index (χ0n) is 16.3. The number of carbonyl (C=O) groups excluding carboxylic acids is 1. The highest BCUT2D eigenvalue weighted by atomic mass is 19.1. The number of H-pyrrole nitrogens is 1. The lowest BCUT2D eigenvalue weighted by Gasteiger charge is -2.25. The average molecular weight is 411 g/mol. The Bertz CT molecular complexity index is 1090. The molecular weight excluding hydrogens is 389 g/mol. The second kappa shape index (κ2) is 9.04. The highest BCUT2D eigenvalue weighted by molar-refractivity contribution is 5.78.